The molecule has 0 amide bonds. The van der Waals surface area contributed by atoms with Gasteiger partial charge < -0.3 is 9.84 Å². The van der Waals surface area contributed by atoms with Crippen LogP contribution in [0, 0.1) is 0 Å². The van der Waals surface area contributed by atoms with Crippen molar-refractivity contribution in [2.75, 3.05) is 12.9 Å². The summed E-state index contributed by atoms with van der Waals surface area (Å²) < 4.78 is 29.5. The summed E-state index contributed by atoms with van der Waals surface area (Å²) in [4.78, 5) is 25.4. The van der Waals surface area contributed by atoms with Gasteiger partial charge in [0.15, 0.2) is 15.4 Å². The summed E-state index contributed by atoms with van der Waals surface area (Å²) in [7, 11) is -3.33. The van der Waals surface area contributed by atoms with Gasteiger partial charge in [0.2, 0.25) is 11.3 Å². The van der Waals surface area contributed by atoms with E-state index in [1.807, 2.05) is 0 Å². The number of benzene rings is 1. The van der Waals surface area contributed by atoms with Crippen LogP contribution in [0.1, 0.15) is 28.4 Å². The van der Waals surface area contributed by atoms with Gasteiger partial charge in [0, 0.05) is 24.4 Å². The van der Waals surface area contributed by atoms with Crippen LogP contribution in [0.3, 0.4) is 0 Å². The molecule has 0 atom stereocenters. The third-order valence-corrected chi connectivity index (χ3v) is 5.46. The molecule has 0 saturated heterocycles. The zero-order valence-electron chi connectivity index (χ0n) is 15.4. The molecule has 7 nitrogen and oxygen atoms in total. The first-order valence-electron chi connectivity index (χ1n) is 8.55. The van der Waals surface area contributed by atoms with Crippen LogP contribution in [0.25, 0.3) is 5.52 Å². The van der Waals surface area contributed by atoms with Gasteiger partial charge in [-0.05, 0) is 36.8 Å². The summed E-state index contributed by atoms with van der Waals surface area (Å²) >= 11 is 0. The Morgan fingerprint density at radius 1 is 1.14 bits per heavy atom. The van der Waals surface area contributed by atoms with Gasteiger partial charge in [0.25, 0.3) is 0 Å². The van der Waals surface area contributed by atoms with Crippen LogP contribution in [0.5, 0.6) is 5.88 Å². The van der Waals surface area contributed by atoms with E-state index in [0.29, 0.717) is 16.6 Å². The average molecular weight is 401 g/mol. The summed E-state index contributed by atoms with van der Waals surface area (Å²) in [5.74, 6) is -1.37. The van der Waals surface area contributed by atoms with Gasteiger partial charge in [-0.1, -0.05) is 18.2 Å². The number of carbonyl (C=O) groups is 1. The highest BCUT2D eigenvalue weighted by Gasteiger charge is 2.24. The van der Waals surface area contributed by atoms with E-state index in [-0.39, 0.29) is 17.9 Å². The number of aromatic hydroxyl groups is 1. The average Bonchev–Trinajstić information content (AvgIpc) is 2.65. The minimum atomic E-state index is -3.33. The van der Waals surface area contributed by atoms with Crippen molar-refractivity contribution in [2.24, 2.45) is 0 Å². The predicted octanol–water partition coefficient (Wildman–Crippen LogP) is 2.18. The van der Waals surface area contributed by atoms with E-state index in [1.165, 1.54) is 16.5 Å². The Balaban J connectivity index is 2.17. The SMILES string of the molecule is CCOC(=O)c1c(O)n2ccccc2c(Cc2ccc(S(C)(=O)=O)cc2)c1=O. The number of ether oxygens (including phenoxy) is 1. The normalized spacial score (nSPS) is 11.5. The molecule has 2 aromatic heterocycles. The molecule has 0 unspecified atom stereocenters. The molecule has 2 heterocycles. The lowest BCUT2D eigenvalue weighted by Gasteiger charge is -2.13. The van der Waals surface area contributed by atoms with Crippen molar-refractivity contribution in [1.29, 1.82) is 0 Å². The monoisotopic (exact) mass is 401 g/mol. The molecule has 0 aliphatic carbocycles. The lowest BCUT2D eigenvalue weighted by atomic mass is 10.0. The standard InChI is InChI=1S/C20H19NO6S/c1-3-27-20(24)17-18(22)15(16-6-4-5-11-21(16)19(17)23)12-13-7-9-14(10-8-13)28(2,25)26/h4-11,23H,3,12H2,1-2H3. The summed E-state index contributed by atoms with van der Waals surface area (Å²) in [5.41, 5.74) is 0.400. The zero-order chi connectivity index (χ0) is 20.5. The molecule has 3 rings (SSSR count). The first kappa shape index (κ1) is 19.6. The number of aromatic nitrogens is 1. The van der Waals surface area contributed by atoms with E-state index in [1.54, 1.807) is 43.5 Å². The van der Waals surface area contributed by atoms with Crippen molar-refractivity contribution in [3.63, 3.8) is 0 Å². The van der Waals surface area contributed by atoms with E-state index < -0.39 is 32.7 Å². The van der Waals surface area contributed by atoms with Crippen LogP contribution < -0.4 is 5.43 Å². The maximum Gasteiger partial charge on any atom is 0.347 e. The highest BCUT2D eigenvalue weighted by molar-refractivity contribution is 7.90. The van der Waals surface area contributed by atoms with Crippen LogP contribution in [-0.4, -0.2) is 36.8 Å². The third-order valence-electron chi connectivity index (χ3n) is 4.33. The quantitative estimate of drug-likeness (QED) is 0.658. The molecule has 0 aliphatic rings. The van der Waals surface area contributed by atoms with Gasteiger partial charge in [0.1, 0.15) is 0 Å². The van der Waals surface area contributed by atoms with Gasteiger partial charge in [-0.25, -0.2) is 13.2 Å². The second-order valence-electron chi connectivity index (χ2n) is 6.28. The molecule has 0 bridgehead atoms. The number of fused-ring (bicyclic) bond motifs is 1. The highest BCUT2D eigenvalue weighted by atomic mass is 32.2. The predicted molar refractivity (Wildman–Crippen MR) is 104 cm³/mol. The van der Waals surface area contributed by atoms with E-state index >= 15 is 0 Å². The van der Waals surface area contributed by atoms with E-state index in [4.69, 9.17) is 4.74 Å². The number of carbonyl (C=O) groups excluding carboxylic acids is 1. The van der Waals surface area contributed by atoms with Crippen LogP contribution in [0.4, 0.5) is 0 Å². The maximum atomic E-state index is 13.0. The molecule has 0 aliphatic heterocycles. The molecule has 1 aromatic carbocycles. The molecule has 0 saturated carbocycles. The summed E-state index contributed by atoms with van der Waals surface area (Å²) in [5, 5.41) is 10.4. The Hall–Kier alpha value is -3.13. The van der Waals surface area contributed by atoms with Crippen molar-refractivity contribution >= 4 is 21.3 Å². The van der Waals surface area contributed by atoms with Gasteiger partial charge in [-0.15, -0.1) is 0 Å². The smallest absolute Gasteiger partial charge is 0.347 e. The van der Waals surface area contributed by atoms with Crippen molar-refractivity contribution in [3.05, 3.63) is 75.6 Å². The molecule has 1 N–H and O–H groups in total. The molecule has 0 radical (unpaired) electrons. The number of sulfone groups is 1. The molecule has 146 valence electrons. The lowest BCUT2D eigenvalue weighted by molar-refractivity contribution is 0.0520. The van der Waals surface area contributed by atoms with Crippen molar-refractivity contribution in [3.8, 4) is 5.88 Å². The number of pyridine rings is 2. The maximum absolute atomic E-state index is 13.0. The van der Waals surface area contributed by atoms with Crippen molar-refractivity contribution in [2.45, 2.75) is 18.2 Å². The Labute approximate surface area is 161 Å². The first-order chi connectivity index (χ1) is 13.2. The van der Waals surface area contributed by atoms with Gasteiger partial charge in [-0.3, -0.25) is 9.20 Å². The fourth-order valence-electron chi connectivity index (χ4n) is 2.98. The summed E-state index contributed by atoms with van der Waals surface area (Å²) in [6.07, 6.45) is 2.82. The van der Waals surface area contributed by atoms with Crippen molar-refractivity contribution in [1.82, 2.24) is 4.40 Å². The van der Waals surface area contributed by atoms with Crippen LogP contribution in [0.2, 0.25) is 0 Å². The summed E-state index contributed by atoms with van der Waals surface area (Å²) in [6.45, 7) is 1.68. The second kappa shape index (κ2) is 7.47. The van der Waals surface area contributed by atoms with E-state index in [9.17, 15) is 23.1 Å². The third kappa shape index (κ3) is 3.63. The molecule has 8 heteroatoms. The molecule has 3 aromatic rings. The Kier molecular flexibility index (Phi) is 5.24. The number of hydrogen-bond donors (Lipinski definition) is 1. The van der Waals surface area contributed by atoms with Gasteiger partial charge in [0.05, 0.1) is 17.0 Å². The molecular formula is C20H19NO6S. The Morgan fingerprint density at radius 2 is 1.82 bits per heavy atom. The fourth-order valence-corrected chi connectivity index (χ4v) is 3.61. The van der Waals surface area contributed by atoms with Crippen LogP contribution in [0.15, 0.2) is 58.4 Å². The second-order valence-corrected chi connectivity index (χ2v) is 8.29. The Bertz CT molecular complexity index is 1210. The number of hydrogen-bond acceptors (Lipinski definition) is 6. The lowest BCUT2D eigenvalue weighted by Crippen LogP contribution is -2.23. The molecule has 0 spiro atoms. The first-order valence-corrected chi connectivity index (χ1v) is 10.4. The van der Waals surface area contributed by atoms with Gasteiger partial charge in [-0.2, -0.15) is 0 Å². The summed E-state index contributed by atoms with van der Waals surface area (Å²) in [6, 6.07) is 11.2. The van der Waals surface area contributed by atoms with Crippen LogP contribution >= 0.6 is 0 Å². The largest absolute Gasteiger partial charge is 0.493 e. The number of nitrogens with zero attached hydrogens (tertiary/aromatic N) is 1. The van der Waals surface area contributed by atoms with Crippen molar-refractivity contribution < 1.29 is 23.1 Å². The van der Waals surface area contributed by atoms with E-state index in [2.05, 4.69) is 0 Å². The highest BCUT2D eigenvalue weighted by Crippen LogP contribution is 2.22. The minimum absolute atomic E-state index is 0.0670. The Morgan fingerprint density at radius 3 is 2.43 bits per heavy atom. The zero-order valence-corrected chi connectivity index (χ0v) is 16.2. The fraction of sp³-hybridized carbons (Fsp3) is 0.200. The number of rotatable bonds is 5. The molecule has 0 fully saturated rings. The topological polar surface area (TPSA) is 102 Å². The minimum Gasteiger partial charge on any atom is -0.493 e. The van der Waals surface area contributed by atoms with Gasteiger partial charge >= 0.3 is 5.97 Å². The number of esters is 1. The van der Waals surface area contributed by atoms with Crippen LogP contribution in [-0.2, 0) is 21.0 Å². The van der Waals surface area contributed by atoms with E-state index in [0.717, 1.165) is 6.26 Å². The molecule has 28 heavy (non-hydrogen) atoms. The molecular weight excluding hydrogens is 382 g/mol.